The largest absolute Gasteiger partial charge is 0.416 e. The summed E-state index contributed by atoms with van der Waals surface area (Å²) in [5.74, 6) is -0.357. The lowest BCUT2D eigenvalue weighted by Gasteiger charge is -2.16. The maximum atomic E-state index is 12.3. The number of amides is 1. The van der Waals surface area contributed by atoms with Gasteiger partial charge in [-0.25, -0.2) is 0 Å². The number of benzene rings is 1. The molecule has 0 radical (unpaired) electrons. The molecule has 2 nitrogen and oxygen atoms in total. The van der Waals surface area contributed by atoms with Crippen molar-refractivity contribution in [3.05, 3.63) is 46.5 Å². The van der Waals surface area contributed by atoms with Crippen LogP contribution >= 0.6 is 15.9 Å². The minimum absolute atomic E-state index is 0.208. The third-order valence-corrected chi connectivity index (χ3v) is 2.47. The van der Waals surface area contributed by atoms with Crippen LogP contribution in [0.2, 0.25) is 0 Å². The second-order valence-electron chi connectivity index (χ2n) is 3.75. The van der Waals surface area contributed by atoms with Crippen LogP contribution in [-0.4, -0.2) is 24.4 Å². The van der Waals surface area contributed by atoms with E-state index in [1.807, 2.05) is 0 Å². The third-order valence-electron chi connectivity index (χ3n) is 2.21. The molecule has 98 valence electrons. The van der Waals surface area contributed by atoms with E-state index in [0.717, 1.165) is 12.1 Å². The predicted molar refractivity (Wildman–Crippen MR) is 66.5 cm³/mol. The fourth-order valence-electron chi connectivity index (χ4n) is 1.35. The number of rotatable bonds is 3. The first-order valence-corrected chi connectivity index (χ1v) is 5.77. The molecule has 0 atom stereocenters. The van der Waals surface area contributed by atoms with Gasteiger partial charge in [0.15, 0.2) is 0 Å². The summed E-state index contributed by atoms with van der Waals surface area (Å²) < 4.78 is 37.6. The quantitative estimate of drug-likeness (QED) is 0.831. The Balaban J connectivity index is 2.85. The fourth-order valence-corrected chi connectivity index (χ4v) is 1.73. The Kier molecular flexibility index (Phi) is 4.56. The molecule has 1 rings (SSSR count). The van der Waals surface area contributed by atoms with Crippen molar-refractivity contribution in [2.75, 3.05) is 13.6 Å². The van der Waals surface area contributed by atoms with E-state index < -0.39 is 11.7 Å². The lowest BCUT2D eigenvalue weighted by molar-refractivity contribution is -0.137. The van der Waals surface area contributed by atoms with Crippen molar-refractivity contribution in [1.82, 2.24) is 4.90 Å². The fraction of sp³-hybridized carbons (Fsp3) is 0.250. The van der Waals surface area contributed by atoms with E-state index >= 15 is 0 Å². The molecular formula is C12H11BrF3NO. The summed E-state index contributed by atoms with van der Waals surface area (Å²) >= 11 is 3.12. The first kappa shape index (κ1) is 14.8. The third kappa shape index (κ3) is 3.87. The zero-order valence-corrected chi connectivity index (χ0v) is 11.2. The number of hydrogen-bond acceptors (Lipinski definition) is 1. The van der Waals surface area contributed by atoms with Gasteiger partial charge in [0.25, 0.3) is 5.91 Å². The van der Waals surface area contributed by atoms with Crippen molar-refractivity contribution in [2.45, 2.75) is 6.18 Å². The van der Waals surface area contributed by atoms with E-state index in [-0.39, 0.29) is 11.5 Å². The molecule has 0 saturated heterocycles. The number of carbonyl (C=O) groups excluding carboxylic acids is 1. The van der Waals surface area contributed by atoms with Crippen molar-refractivity contribution in [3.8, 4) is 0 Å². The van der Waals surface area contributed by atoms with Gasteiger partial charge in [0.2, 0.25) is 0 Å². The number of halogens is 4. The van der Waals surface area contributed by atoms with E-state index in [0.29, 0.717) is 11.0 Å². The van der Waals surface area contributed by atoms with Gasteiger partial charge in [0.05, 0.1) is 12.1 Å². The summed E-state index contributed by atoms with van der Waals surface area (Å²) in [4.78, 5) is 13.2. The summed E-state index contributed by atoms with van der Waals surface area (Å²) in [5, 5.41) is 0. The molecule has 0 aromatic heterocycles. The maximum absolute atomic E-state index is 12.3. The first-order chi connectivity index (χ1) is 8.21. The van der Waals surface area contributed by atoms with Crippen LogP contribution in [0, 0.1) is 0 Å². The van der Waals surface area contributed by atoms with Crippen LogP contribution in [0.4, 0.5) is 13.2 Å². The van der Waals surface area contributed by atoms with Crippen LogP contribution in [0.15, 0.2) is 35.3 Å². The molecule has 0 heterocycles. The van der Waals surface area contributed by atoms with E-state index in [4.69, 9.17) is 0 Å². The van der Waals surface area contributed by atoms with E-state index in [1.54, 1.807) is 7.05 Å². The molecule has 0 N–H and O–H groups in total. The molecule has 0 aliphatic rings. The number of likely N-dealkylation sites (N-methyl/N-ethyl adjacent to an activating group) is 1. The van der Waals surface area contributed by atoms with Crippen LogP contribution in [0.3, 0.4) is 0 Å². The Morgan fingerprint density at radius 1 is 1.33 bits per heavy atom. The molecule has 0 bridgehead atoms. The molecule has 0 spiro atoms. The normalized spacial score (nSPS) is 11.2. The van der Waals surface area contributed by atoms with Gasteiger partial charge >= 0.3 is 6.18 Å². The van der Waals surface area contributed by atoms with Gasteiger partial charge < -0.3 is 4.90 Å². The van der Waals surface area contributed by atoms with Crippen molar-refractivity contribution in [1.29, 1.82) is 0 Å². The molecular weight excluding hydrogens is 311 g/mol. The highest BCUT2D eigenvalue weighted by Crippen LogP contribution is 2.29. The Morgan fingerprint density at radius 2 is 1.83 bits per heavy atom. The van der Waals surface area contributed by atoms with Gasteiger partial charge in [-0.15, -0.1) is 0 Å². The molecule has 1 amide bonds. The second-order valence-corrected chi connectivity index (χ2v) is 4.88. The Bertz CT molecular complexity index is 453. The summed E-state index contributed by atoms with van der Waals surface area (Å²) in [5.41, 5.74) is -0.564. The average molecular weight is 322 g/mol. The van der Waals surface area contributed by atoms with E-state index in [1.165, 1.54) is 17.0 Å². The topological polar surface area (TPSA) is 20.3 Å². The highest BCUT2D eigenvalue weighted by atomic mass is 79.9. The first-order valence-electron chi connectivity index (χ1n) is 4.98. The molecule has 6 heteroatoms. The van der Waals surface area contributed by atoms with E-state index in [2.05, 4.69) is 22.5 Å². The molecule has 0 aliphatic heterocycles. The van der Waals surface area contributed by atoms with Crippen molar-refractivity contribution >= 4 is 21.8 Å². The molecule has 1 aromatic carbocycles. The second kappa shape index (κ2) is 5.56. The van der Waals surface area contributed by atoms with Gasteiger partial charge in [-0.05, 0) is 24.3 Å². The highest BCUT2D eigenvalue weighted by molar-refractivity contribution is 9.11. The molecule has 18 heavy (non-hydrogen) atoms. The molecule has 0 fully saturated rings. The van der Waals surface area contributed by atoms with Crippen LogP contribution in [0.1, 0.15) is 15.9 Å². The zero-order valence-electron chi connectivity index (χ0n) is 9.59. The van der Waals surface area contributed by atoms with Crippen molar-refractivity contribution in [3.63, 3.8) is 0 Å². The Morgan fingerprint density at radius 3 is 2.22 bits per heavy atom. The van der Waals surface area contributed by atoms with Crippen molar-refractivity contribution < 1.29 is 18.0 Å². The zero-order chi connectivity index (χ0) is 13.9. The summed E-state index contributed by atoms with van der Waals surface area (Å²) in [7, 11) is 1.55. The highest BCUT2D eigenvalue weighted by Gasteiger charge is 2.30. The van der Waals surface area contributed by atoms with Crippen molar-refractivity contribution in [2.24, 2.45) is 0 Å². The van der Waals surface area contributed by atoms with Gasteiger partial charge in [0, 0.05) is 17.1 Å². The molecule has 0 unspecified atom stereocenters. The van der Waals surface area contributed by atoms with Crippen LogP contribution < -0.4 is 0 Å². The Hall–Kier alpha value is -1.30. The lowest BCUT2D eigenvalue weighted by atomic mass is 10.1. The standard InChI is InChI=1S/C12H11BrF3NO/c1-8(13)7-17(2)11(18)9-3-5-10(6-4-9)12(14,15)16/h3-6H,1,7H2,2H3. The lowest BCUT2D eigenvalue weighted by Crippen LogP contribution is -2.27. The van der Waals surface area contributed by atoms with Gasteiger partial charge in [-0.1, -0.05) is 22.5 Å². The van der Waals surface area contributed by atoms with Crippen LogP contribution in [-0.2, 0) is 6.18 Å². The Labute approximate surface area is 111 Å². The van der Waals surface area contributed by atoms with E-state index in [9.17, 15) is 18.0 Å². The minimum Gasteiger partial charge on any atom is -0.337 e. The van der Waals surface area contributed by atoms with Crippen LogP contribution in [0.5, 0.6) is 0 Å². The number of hydrogen-bond donors (Lipinski definition) is 0. The maximum Gasteiger partial charge on any atom is 0.416 e. The molecule has 0 saturated carbocycles. The summed E-state index contributed by atoms with van der Waals surface area (Å²) in [6.07, 6.45) is -4.39. The average Bonchev–Trinajstić information content (AvgIpc) is 2.26. The monoisotopic (exact) mass is 321 g/mol. The predicted octanol–water partition coefficient (Wildman–Crippen LogP) is 3.69. The van der Waals surface area contributed by atoms with Gasteiger partial charge in [0.1, 0.15) is 0 Å². The molecule has 0 aliphatic carbocycles. The summed E-state index contributed by atoms with van der Waals surface area (Å²) in [6, 6.07) is 4.12. The molecule has 1 aromatic rings. The van der Waals surface area contributed by atoms with Gasteiger partial charge in [-0.3, -0.25) is 4.79 Å². The number of alkyl halides is 3. The minimum atomic E-state index is -4.39. The van der Waals surface area contributed by atoms with Gasteiger partial charge in [-0.2, -0.15) is 13.2 Å². The number of carbonyl (C=O) groups is 1. The van der Waals surface area contributed by atoms with Crippen LogP contribution in [0.25, 0.3) is 0 Å². The number of nitrogens with zero attached hydrogens (tertiary/aromatic N) is 1. The SMILES string of the molecule is C=C(Br)CN(C)C(=O)c1ccc(C(F)(F)F)cc1. The smallest absolute Gasteiger partial charge is 0.337 e. The summed E-state index contributed by atoms with van der Waals surface area (Å²) in [6.45, 7) is 3.88.